The zero-order valence-corrected chi connectivity index (χ0v) is 19.5. The highest BCUT2D eigenvalue weighted by molar-refractivity contribution is 7.16. The Morgan fingerprint density at radius 1 is 1.00 bits per heavy atom. The second kappa shape index (κ2) is 8.85. The van der Waals surface area contributed by atoms with E-state index in [0.29, 0.717) is 27.7 Å². The zero-order chi connectivity index (χ0) is 22.1. The number of benzene rings is 2. The highest BCUT2D eigenvalue weighted by Crippen LogP contribution is 2.37. The Morgan fingerprint density at radius 2 is 1.81 bits per heavy atom. The number of nitrogens with zero attached hydrogens (tertiary/aromatic N) is 1. The van der Waals surface area contributed by atoms with E-state index in [1.807, 2.05) is 56.0 Å². The molecule has 1 aromatic heterocycles. The number of halogens is 1. The normalized spacial score (nSPS) is 13.5. The van der Waals surface area contributed by atoms with Crippen molar-refractivity contribution in [1.82, 2.24) is 0 Å². The number of carbonyl (C=O) groups excluding carboxylic acids is 2. The van der Waals surface area contributed by atoms with E-state index in [1.54, 1.807) is 23.5 Å². The minimum atomic E-state index is -0.148. The maximum Gasteiger partial charge on any atom is 0.258 e. The van der Waals surface area contributed by atoms with Gasteiger partial charge in [0.15, 0.2) is 0 Å². The number of anilines is 2. The average molecular weight is 453 g/mol. The topological polar surface area (TPSA) is 49.4 Å². The summed E-state index contributed by atoms with van der Waals surface area (Å²) in [7, 11) is 0. The molecule has 31 heavy (non-hydrogen) atoms. The first-order valence-corrected chi connectivity index (χ1v) is 11.6. The second-order valence-corrected chi connectivity index (χ2v) is 9.77. The molecule has 1 N–H and O–H groups in total. The van der Waals surface area contributed by atoms with Crippen molar-refractivity contribution in [3.63, 3.8) is 0 Å². The molecule has 1 aliphatic heterocycles. The van der Waals surface area contributed by atoms with Gasteiger partial charge in [0.25, 0.3) is 11.8 Å². The molecule has 0 aliphatic carbocycles. The van der Waals surface area contributed by atoms with E-state index < -0.39 is 0 Å². The first-order valence-electron chi connectivity index (χ1n) is 10.4. The summed E-state index contributed by atoms with van der Waals surface area (Å²) < 4.78 is 0.714. The van der Waals surface area contributed by atoms with Crippen LogP contribution in [0.3, 0.4) is 0 Å². The maximum absolute atomic E-state index is 13.4. The van der Waals surface area contributed by atoms with Crippen molar-refractivity contribution in [2.45, 2.75) is 40.0 Å². The Bertz CT molecular complexity index is 1170. The minimum absolute atomic E-state index is 0.0254. The van der Waals surface area contributed by atoms with Crippen LogP contribution in [0.2, 0.25) is 4.34 Å². The molecule has 4 nitrogen and oxygen atoms in total. The van der Waals surface area contributed by atoms with Crippen molar-refractivity contribution in [3.05, 3.63) is 79.5 Å². The van der Waals surface area contributed by atoms with Crippen molar-refractivity contribution in [2.75, 3.05) is 16.8 Å². The molecule has 0 saturated carbocycles. The van der Waals surface area contributed by atoms with Crippen LogP contribution in [-0.2, 0) is 6.42 Å². The van der Waals surface area contributed by atoms with Gasteiger partial charge in [0.2, 0.25) is 0 Å². The summed E-state index contributed by atoms with van der Waals surface area (Å²) in [6.45, 7) is 6.53. The van der Waals surface area contributed by atoms with E-state index in [-0.39, 0.29) is 11.8 Å². The molecular weight excluding hydrogens is 428 g/mol. The summed E-state index contributed by atoms with van der Waals surface area (Å²) in [4.78, 5) is 29.1. The molecular formula is C25H25ClN2O2S. The van der Waals surface area contributed by atoms with Gasteiger partial charge in [0.1, 0.15) is 0 Å². The number of amides is 2. The highest BCUT2D eigenvalue weighted by Gasteiger charge is 2.25. The number of rotatable bonds is 3. The predicted molar refractivity (Wildman–Crippen MR) is 129 cm³/mol. The molecule has 2 amide bonds. The number of carbonyl (C=O) groups is 2. The minimum Gasteiger partial charge on any atom is -0.322 e. The molecule has 0 fully saturated rings. The van der Waals surface area contributed by atoms with Crippen LogP contribution in [0.5, 0.6) is 0 Å². The van der Waals surface area contributed by atoms with Crippen LogP contribution in [0.15, 0.2) is 42.5 Å². The van der Waals surface area contributed by atoms with Crippen LogP contribution in [-0.4, -0.2) is 18.4 Å². The van der Waals surface area contributed by atoms with E-state index in [0.717, 1.165) is 41.6 Å². The summed E-state index contributed by atoms with van der Waals surface area (Å²) in [5, 5.41) is 2.96. The summed E-state index contributed by atoms with van der Waals surface area (Å²) in [5.74, 6) is -0.174. The van der Waals surface area contributed by atoms with Gasteiger partial charge in [-0.3, -0.25) is 9.59 Å². The van der Waals surface area contributed by atoms with E-state index in [1.165, 1.54) is 4.88 Å². The third-order valence-corrected chi connectivity index (χ3v) is 7.21. The molecule has 2 heterocycles. The lowest BCUT2D eigenvalue weighted by atomic mass is 10.0. The van der Waals surface area contributed by atoms with Crippen molar-refractivity contribution in [3.8, 4) is 0 Å². The van der Waals surface area contributed by atoms with E-state index in [4.69, 9.17) is 11.6 Å². The van der Waals surface area contributed by atoms with Crippen LogP contribution in [0.4, 0.5) is 11.4 Å². The Kier molecular flexibility index (Phi) is 6.17. The average Bonchev–Trinajstić information content (AvgIpc) is 2.98. The fraction of sp³-hybridized carbons (Fsp3) is 0.280. The number of hydrogen-bond donors (Lipinski definition) is 1. The number of nitrogens with one attached hydrogen (secondary N) is 1. The quantitative estimate of drug-likeness (QED) is 0.489. The van der Waals surface area contributed by atoms with Gasteiger partial charge in [0, 0.05) is 28.2 Å². The second-order valence-electron chi connectivity index (χ2n) is 8.00. The summed E-state index contributed by atoms with van der Waals surface area (Å²) in [6.07, 6.45) is 2.97. The summed E-state index contributed by atoms with van der Waals surface area (Å²) in [5.41, 5.74) is 5.78. The molecule has 0 radical (unpaired) electrons. The zero-order valence-electron chi connectivity index (χ0n) is 17.9. The predicted octanol–water partition coefficient (Wildman–Crippen LogP) is 6.56. The van der Waals surface area contributed by atoms with Gasteiger partial charge in [-0.25, -0.2) is 0 Å². The van der Waals surface area contributed by atoms with Gasteiger partial charge >= 0.3 is 0 Å². The summed E-state index contributed by atoms with van der Waals surface area (Å²) >= 11 is 7.79. The van der Waals surface area contributed by atoms with Gasteiger partial charge in [-0.2, -0.15) is 0 Å². The third-order valence-electron chi connectivity index (χ3n) is 5.89. The molecule has 2 aromatic carbocycles. The van der Waals surface area contributed by atoms with E-state index in [9.17, 15) is 9.59 Å². The van der Waals surface area contributed by atoms with Crippen LogP contribution >= 0.6 is 22.9 Å². The van der Waals surface area contributed by atoms with Crippen LogP contribution in [0.25, 0.3) is 0 Å². The molecule has 3 aromatic rings. The molecule has 160 valence electrons. The van der Waals surface area contributed by atoms with Crippen LogP contribution in [0, 0.1) is 20.8 Å². The van der Waals surface area contributed by atoms with Gasteiger partial charge in [-0.15, -0.1) is 11.3 Å². The molecule has 4 rings (SSSR count). The third kappa shape index (κ3) is 4.39. The molecule has 1 aliphatic rings. The SMILES string of the molecule is Cc1cc(NC(=O)c2cccc(C)c2C)ccc1C(=O)N1CCCCc2sc(Cl)cc21. The standard InChI is InChI=1S/C25H25ClN2O2S/c1-15-7-6-8-20(17(15)3)24(29)27-18-10-11-19(16(2)13-18)25(30)28-12-5-4-9-22-21(28)14-23(26)31-22/h6-8,10-11,13-14H,4-5,9,12H2,1-3H3,(H,27,29). The van der Waals surface area contributed by atoms with Crippen LogP contribution in [0.1, 0.15) is 55.1 Å². The van der Waals surface area contributed by atoms with Gasteiger partial charge in [-0.05, 0) is 87.1 Å². The van der Waals surface area contributed by atoms with Crippen molar-refractivity contribution in [1.29, 1.82) is 0 Å². The fourth-order valence-electron chi connectivity index (χ4n) is 4.00. The Balaban J connectivity index is 1.57. The molecule has 0 unspecified atom stereocenters. The lowest BCUT2D eigenvalue weighted by Gasteiger charge is -2.22. The van der Waals surface area contributed by atoms with E-state index >= 15 is 0 Å². The molecule has 0 saturated heterocycles. The van der Waals surface area contributed by atoms with Crippen molar-refractivity contribution >= 4 is 46.1 Å². The van der Waals surface area contributed by atoms with Crippen molar-refractivity contribution < 1.29 is 9.59 Å². The Labute approximate surface area is 191 Å². The Morgan fingerprint density at radius 3 is 2.58 bits per heavy atom. The first-order chi connectivity index (χ1) is 14.8. The number of hydrogen-bond acceptors (Lipinski definition) is 3. The van der Waals surface area contributed by atoms with Crippen LogP contribution < -0.4 is 10.2 Å². The fourth-order valence-corrected chi connectivity index (χ4v) is 5.31. The monoisotopic (exact) mass is 452 g/mol. The number of fused-ring (bicyclic) bond motifs is 1. The highest BCUT2D eigenvalue weighted by atomic mass is 35.5. The molecule has 6 heteroatoms. The molecule has 0 atom stereocenters. The summed E-state index contributed by atoms with van der Waals surface area (Å²) in [6, 6.07) is 13.1. The first kappa shape index (κ1) is 21.6. The lowest BCUT2D eigenvalue weighted by Crippen LogP contribution is -2.32. The maximum atomic E-state index is 13.4. The molecule has 0 spiro atoms. The lowest BCUT2D eigenvalue weighted by molar-refractivity contribution is 0.0985. The Hall–Kier alpha value is -2.63. The smallest absolute Gasteiger partial charge is 0.258 e. The number of aryl methyl sites for hydroxylation is 3. The largest absolute Gasteiger partial charge is 0.322 e. The van der Waals surface area contributed by atoms with Gasteiger partial charge in [0.05, 0.1) is 10.0 Å². The van der Waals surface area contributed by atoms with Gasteiger partial charge < -0.3 is 10.2 Å². The van der Waals surface area contributed by atoms with Crippen molar-refractivity contribution in [2.24, 2.45) is 0 Å². The van der Waals surface area contributed by atoms with E-state index in [2.05, 4.69) is 5.32 Å². The molecule has 0 bridgehead atoms. The number of thiophene rings is 1. The van der Waals surface area contributed by atoms with Gasteiger partial charge in [-0.1, -0.05) is 23.7 Å².